The Morgan fingerprint density at radius 2 is 2.18 bits per heavy atom. The highest BCUT2D eigenvalue weighted by molar-refractivity contribution is 6.18. The van der Waals surface area contributed by atoms with Crippen molar-refractivity contribution in [1.29, 1.82) is 0 Å². The van der Waals surface area contributed by atoms with E-state index in [9.17, 15) is 4.79 Å². The van der Waals surface area contributed by atoms with E-state index >= 15 is 0 Å². The van der Waals surface area contributed by atoms with E-state index in [1.54, 1.807) is 17.0 Å². The van der Waals surface area contributed by atoms with Crippen LogP contribution in [0.15, 0.2) is 52.5 Å². The van der Waals surface area contributed by atoms with Gasteiger partial charge in [0.05, 0.1) is 44.2 Å². The Morgan fingerprint density at radius 3 is 2.93 bits per heavy atom. The van der Waals surface area contributed by atoms with E-state index in [1.807, 2.05) is 30.3 Å². The van der Waals surface area contributed by atoms with Crippen LogP contribution >= 0.6 is 11.6 Å². The van der Waals surface area contributed by atoms with Crippen molar-refractivity contribution in [1.82, 2.24) is 14.5 Å². The number of hydrogen-bond acceptors (Lipinski definition) is 6. The fourth-order valence-corrected chi connectivity index (χ4v) is 2.72. The second kappa shape index (κ2) is 10.0. The number of imidazole rings is 1. The first-order valence-electron chi connectivity index (χ1n) is 8.64. The van der Waals surface area contributed by atoms with Gasteiger partial charge in [-0.3, -0.25) is 4.79 Å². The predicted molar refractivity (Wildman–Crippen MR) is 107 cm³/mol. The molecule has 1 aromatic carbocycles. The lowest BCUT2D eigenvalue weighted by Crippen LogP contribution is -2.23. The second-order valence-electron chi connectivity index (χ2n) is 5.97. The average Bonchev–Trinajstić information content (AvgIpc) is 3.13. The van der Waals surface area contributed by atoms with E-state index in [1.165, 1.54) is 13.5 Å². The molecule has 1 atom stereocenters. The van der Waals surface area contributed by atoms with Crippen LogP contribution in [0.1, 0.15) is 5.56 Å². The lowest BCUT2D eigenvalue weighted by atomic mass is 10.2. The van der Waals surface area contributed by atoms with Crippen LogP contribution in [0.25, 0.3) is 11.0 Å². The van der Waals surface area contributed by atoms with Crippen molar-refractivity contribution in [3.8, 4) is 0 Å². The van der Waals surface area contributed by atoms with Crippen molar-refractivity contribution in [2.75, 3.05) is 19.6 Å². The molecule has 28 heavy (non-hydrogen) atoms. The van der Waals surface area contributed by atoms with Crippen LogP contribution in [0.4, 0.5) is 5.82 Å². The topological polar surface area (TPSA) is 90.7 Å². The standard InChI is InChI=1S/C19H21ClN4O4/c1-26-12-22-17-7-16-18(19(25)23-17)21-11-24(16)13-28-15(8-20)10-27-9-14-5-3-2-4-6-14/h2-7,11-12,15H,8-10,13H2,1H3,(H,23,25). The fraction of sp³-hybridized carbons (Fsp3) is 0.316. The molecule has 9 heteroatoms. The molecule has 3 rings (SSSR count). The summed E-state index contributed by atoms with van der Waals surface area (Å²) in [4.78, 5) is 22.9. The molecule has 0 aliphatic carbocycles. The summed E-state index contributed by atoms with van der Waals surface area (Å²) in [5.41, 5.74) is 1.66. The molecule has 0 fully saturated rings. The molecule has 0 saturated heterocycles. The number of rotatable bonds is 10. The zero-order valence-corrected chi connectivity index (χ0v) is 16.1. The van der Waals surface area contributed by atoms with Crippen molar-refractivity contribution < 1.29 is 14.2 Å². The van der Waals surface area contributed by atoms with Crippen LogP contribution in [0, 0.1) is 0 Å². The van der Waals surface area contributed by atoms with Gasteiger partial charge in [0.25, 0.3) is 5.56 Å². The largest absolute Gasteiger partial charge is 0.486 e. The Balaban J connectivity index is 1.62. The van der Waals surface area contributed by atoms with Crippen molar-refractivity contribution >= 4 is 34.9 Å². The molecule has 3 aromatic rings. The van der Waals surface area contributed by atoms with Gasteiger partial charge in [-0.05, 0) is 5.56 Å². The van der Waals surface area contributed by atoms with Gasteiger partial charge in [-0.15, -0.1) is 11.6 Å². The summed E-state index contributed by atoms with van der Waals surface area (Å²) in [5.74, 6) is 0.645. The number of alkyl halides is 1. The molecule has 0 aliphatic heterocycles. The van der Waals surface area contributed by atoms with Gasteiger partial charge in [-0.1, -0.05) is 30.3 Å². The van der Waals surface area contributed by atoms with Gasteiger partial charge in [-0.25, -0.2) is 9.98 Å². The Morgan fingerprint density at radius 1 is 1.36 bits per heavy atom. The molecular weight excluding hydrogens is 384 g/mol. The lowest BCUT2D eigenvalue weighted by Gasteiger charge is -2.16. The van der Waals surface area contributed by atoms with Crippen LogP contribution in [0.3, 0.4) is 0 Å². The monoisotopic (exact) mass is 404 g/mol. The summed E-state index contributed by atoms with van der Waals surface area (Å²) < 4.78 is 18.0. The first kappa shape index (κ1) is 20.1. The summed E-state index contributed by atoms with van der Waals surface area (Å²) in [7, 11) is 1.48. The number of aromatic amines is 1. The molecular formula is C19H21ClN4O4. The molecule has 2 aromatic heterocycles. The number of halogens is 1. The number of nitrogens with zero attached hydrogens (tertiary/aromatic N) is 3. The highest BCUT2D eigenvalue weighted by Crippen LogP contribution is 2.15. The van der Waals surface area contributed by atoms with Crippen molar-refractivity contribution in [2.24, 2.45) is 4.99 Å². The van der Waals surface area contributed by atoms with E-state index in [4.69, 9.17) is 25.8 Å². The minimum atomic E-state index is -0.334. The number of fused-ring (bicyclic) bond motifs is 1. The summed E-state index contributed by atoms with van der Waals surface area (Å²) in [6, 6.07) is 11.6. The number of hydrogen-bond donors (Lipinski definition) is 1. The Hall–Kier alpha value is -2.68. The number of methoxy groups -OCH3 is 1. The second-order valence-corrected chi connectivity index (χ2v) is 6.28. The van der Waals surface area contributed by atoms with Gasteiger partial charge in [0.1, 0.15) is 12.5 Å². The minimum absolute atomic E-state index is 0.180. The number of ether oxygens (including phenoxy) is 3. The van der Waals surface area contributed by atoms with Crippen molar-refractivity contribution in [3.05, 3.63) is 58.6 Å². The van der Waals surface area contributed by atoms with Crippen molar-refractivity contribution in [3.63, 3.8) is 0 Å². The number of nitrogens with one attached hydrogen (secondary N) is 1. The molecule has 0 saturated carbocycles. The van der Waals surface area contributed by atoms with Gasteiger partial charge in [-0.2, -0.15) is 0 Å². The number of aromatic nitrogens is 3. The first-order valence-corrected chi connectivity index (χ1v) is 9.17. The molecule has 0 spiro atoms. The molecule has 1 N–H and O–H groups in total. The molecule has 0 aliphatic rings. The lowest BCUT2D eigenvalue weighted by molar-refractivity contribution is -0.0365. The third-order valence-electron chi connectivity index (χ3n) is 3.94. The number of benzene rings is 1. The summed E-state index contributed by atoms with van der Waals surface area (Å²) in [6.07, 6.45) is 2.48. The fourth-order valence-electron chi connectivity index (χ4n) is 2.55. The van der Waals surface area contributed by atoms with Crippen LogP contribution in [0.5, 0.6) is 0 Å². The van der Waals surface area contributed by atoms with Crippen LogP contribution < -0.4 is 5.56 Å². The summed E-state index contributed by atoms with van der Waals surface area (Å²) >= 11 is 6.00. The van der Waals surface area contributed by atoms with Crippen LogP contribution in [-0.4, -0.2) is 46.6 Å². The molecule has 2 heterocycles. The normalized spacial score (nSPS) is 12.6. The molecule has 0 radical (unpaired) electrons. The van der Waals surface area contributed by atoms with Gasteiger partial charge in [0.2, 0.25) is 0 Å². The molecule has 0 amide bonds. The van der Waals surface area contributed by atoms with Crippen LogP contribution in [-0.2, 0) is 27.5 Å². The van der Waals surface area contributed by atoms with Gasteiger partial charge < -0.3 is 23.8 Å². The summed E-state index contributed by atoms with van der Waals surface area (Å²) in [5, 5.41) is 0. The quantitative estimate of drug-likeness (QED) is 0.319. The maximum Gasteiger partial charge on any atom is 0.277 e. The third kappa shape index (κ3) is 5.19. The zero-order valence-electron chi connectivity index (χ0n) is 15.4. The van der Waals surface area contributed by atoms with Crippen molar-refractivity contribution in [2.45, 2.75) is 19.4 Å². The zero-order chi connectivity index (χ0) is 19.8. The SMILES string of the molecule is COC=Nc1cc2c(ncn2COC(CCl)COCc2ccccc2)c(=O)[nH]1. The van der Waals surface area contributed by atoms with Gasteiger partial charge >= 0.3 is 0 Å². The maximum absolute atomic E-state index is 12.1. The van der Waals surface area contributed by atoms with E-state index < -0.39 is 0 Å². The van der Waals surface area contributed by atoms with E-state index in [-0.39, 0.29) is 24.3 Å². The van der Waals surface area contributed by atoms with Crippen LogP contribution in [0.2, 0.25) is 0 Å². The average molecular weight is 405 g/mol. The van der Waals surface area contributed by atoms with Gasteiger partial charge in [0.15, 0.2) is 11.9 Å². The molecule has 8 nitrogen and oxygen atoms in total. The Labute approximate surface area is 166 Å². The maximum atomic E-state index is 12.1. The summed E-state index contributed by atoms with van der Waals surface area (Å²) in [6.45, 7) is 1.02. The predicted octanol–water partition coefficient (Wildman–Crippen LogP) is 2.83. The van der Waals surface area contributed by atoms with E-state index in [2.05, 4.69) is 15.0 Å². The molecule has 0 bridgehead atoms. The Bertz CT molecular complexity index is 971. The number of pyridine rings is 1. The smallest absolute Gasteiger partial charge is 0.277 e. The highest BCUT2D eigenvalue weighted by Gasteiger charge is 2.12. The highest BCUT2D eigenvalue weighted by atomic mass is 35.5. The van der Waals surface area contributed by atoms with E-state index in [0.29, 0.717) is 30.1 Å². The Kier molecular flexibility index (Phi) is 7.18. The molecule has 148 valence electrons. The molecule has 1 unspecified atom stereocenters. The number of H-pyrrole nitrogens is 1. The third-order valence-corrected chi connectivity index (χ3v) is 4.29. The van der Waals surface area contributed by atoms with Gasteiger partial charge in [0, 0.05) is 6.07 Å². The van der Waals surface area contributed by atoms with E-state index in [0.717, 1.165) is 5.56 Å². The number of aliphatic imine (C=N–C) groups is 1. The minimum Gasteiger partial charge on any atom is -0.486 e. The first-order chi connectivity index (χ1) is 13.7.